The fraction of sp³-hybridized carbons (Fsp3) is 0.286. The summed E-state index contributed by atoms with van der Waals surface area (Å²) in [5.74, 6) is -0.956. The maximum Gasteiger partial charge on any atom is 0.434 e. The van der Waals surface area contributed by atoms with Gasteiger partial charge in [-0.15, -0.1) is 11.3 Å². The zero-order valence-corrected chi connectivity index (χ0v) is 12.5. The number of aliphatic carboxylic acids is 1. The van der Waals surface area contributed by atoms with E-state index in [1.807, 2.05) is 0 Å². The van der Waals surface area contributed by atoms with E-state index in [1.54, 1.807) is 38.1 Å². The lowest BCUT2D eigenvalue weighted by Crippen LogP contribution is -2.28. The number of carbonyl (C=O) groups is 1. The average Bonchev–Trinajstić information content (AvgIpc) is 2.87. The molecule has 0 bridgehead atoms. The second-order valence-corrected chi connectivity index (χ2v) is 6.03. The number of nitrogens with one attached hydrogen (secondary N) is 1. The van der Waals surface area contributed by atoms with Crippen molar-refractivity contribution < 1.29 is 23.1 Å². The quantitative estimate of drug-likeness (QED) is 0.879. The van der Waals surface area contributed by atoms with E-state index in [0.717, 1.165) is 16.7 Å². The summed E-state index contributed by atoms with van der Waals surface area (Å²) >= 11 is 0.850. The van der Waals surface area contributed by atoms with Crippen LogP contribution in [0.4, 0.5) is 24.0 Å². The van der Waals surface area contributed by atoms with Gasteiger partial charge in [0, 0.05) is 11.1 Å². The maximum atomic E-state index is 12.5. The van der Waals surface area contributed by atoms with Gasteiger partial charge in [0.25, 0.3) is 0 Å². The number of nitrogens with zero attached hydrogens (tertiary/aromatic N) is 1. The van der Waals surface area contributed by atoms with Crippen LogP contribution < -0.4 is 5.32 Å². The van der Waals surface area contributed by atoms with Crippen LogP contribution in [-0.2, 0) is 16.4 Å². The molecule has 0 radical (unpaired) electrons. The Morgan fingerprint density at radius 2 is 1.82 bits per heavy atom. The number of thiazole rings is 1. The van der Waals surface area contributed by atoms with Gasteiger partial charge in [-0.2, -0.15) is 13.2 Å². The molecule has 2 rings (SSSR count). The molecule has 0 saturated carbocycles. The van der Waals surface area contributed by atoms with Gasteiger partial charge in [-0.05, 0) is 31.5 Å². The standard InChI is InChI=1S/C14H13F3N2O2S/c1-13(2,11(20)21)8-3-5-9(6-4-8)18-12-19-10(7-22-12)14(15,16)17/h3-7H,1-2H3,(H,18,19)(H,20,21). The van der Waals surface area contributed by atoms with Crippen molar-refractivity contribution in [2.24, 2.45) is 0 Å². The summed E-state index contributed by atoms with van der Waals surface area (Å²) in [5.41, 5.74) is -0.847. The summed E-state index contributed by atoms with van der Waals surface area (Å²) in [5, 5.41) is 13.0. The molecule has 0 aliphatic heterocycles. The predicted octanol–water partition coefficient (Wildman–Crippen LogP) is 4.27. The normalized spacial score (nSPS) is 12.2. The van der Waals surface area contributed by atoms with E-state index in [1.165, 1.54) is 0 Å². The molecule has 1 heterocycles. The number of hydrogen-bond donors (Lipinski definition) is 2. The Morgan fingerprint density at radius 3 is 2.27 bits per heavy atom. The average molecular weight is 330 g/mol. The molecular weight excluding hydrogens is 317 g/mol. The third kappa shape index (κ3) is 3.38. The van der Waals surface area contributed by atoms with E-state index in [0.29, 0.717) is 11.3 Å². The molecule has 22 heavy (non-hydrogen) atoms. The number of alkyl halides is 3. The molecule has 0 unspecified atom stereocenters. The third-order valence-electron chi connectivity index (χ3n) is 3.19. The highest BCUT2D eigenvalue weighted by molar-refractivity contribution is 7.13. The Kier molecular flexibility index (Phi) is 4.15. The van der Waals surface area contributed by atoms with Crippen LogP contribution in [0.15, 0.2) is 29.6 Å². The molecule has 0 atom stereocenters. The molecule has 4 nitrogen and oxygen atoms in total. The number of benzene rings is 1. The van der Waals surface area contributed by atoms with Crippen LogP contribution in [0.1, 0.15) is 25.1 Å². The molecule has 1 aromatic carbocycles. The first-order chi connectivity index (χ1) is 10.1. The van der Waals surface area contributed by atoms with Crippen LogP contribution in [0.25, 0.3) is 0 Å². The highest BCUT2D eigenvalue weighted by atomic mass is 32.1. The number of rotatable bonds is 4. The minimum Gasteiger partial charge on any atom is -0.481 e. The summed E-state index contributed by atoms with van der Waals surface area (Å²) in [6.07, 6.45) is -4.47. The largest absolute Gasteiger partial charge is 0.481 e. The van der Waals surface area contributed by atoms with E-state index < -0.39 is 23.3 Å². The summed E-state index contributed by atoms with van der Waals surface area (Å²) in [4.78, 5) is 14.6. The van der Waals surface area contributed by atoms with Crippen LogP contribution in [0.2, 0.25) is 0 Å². The molecule has 8 heteroatoms. The van der Waals surface area contributed by atoms with Gasteiger partial charge in [-0.1, -0.05) is 12.1 Å². The molecule has 0 amide bonds. The molecule has 0 saturated heterocycles. The van der Waals surface area contributed by atoms with Crippen LogP contribution in [0, 0.1) is 0 Å². The van der Waals surface area contributed by atoms with Crippen molar-refractivity contribution in [1.82, 2.24) is 4.98 Å². The predicted molar refractivity (Wildman–Crippen MR) is 77.5 cm³/mol. The Hall–Kier alpha value is -2.09. The topological polar surface area (TPSA) is 62.2 Å². The monoisotopic (exact) mass is 330 g/mol. The van der Waals surface area contributed by atoms with Crippen LogP contribution >= 0.6 is 11.3 Å². The molecule has 2 N–H and O–H groups in total. The van der Waals surface area contributed by atoms with Crippen LogP contribution in [0.3, 0.4) is 0 Å². The Bertz CT molecular complexity index is 678. The second kappa shape index (κ2) is 5.60. The first-order valence-electron chi connectivity index (χ1n) is 6.24. The zero-order chi connectivity index (χ0) is 16.5. The van der Waals surface area contributed by atoms with Crippen molar-refractivity contribution in [3.63, 3.8) is 0 Å². The van der Waals surface area contributed by atoms with Crippen molar-refractivity contribution >= 4 is 28.1 Å². The Balaban J connectivity index is 2.15. The van der Waals surface area contributed by atoms with Gasteiger partial charge in [-0.3, -0.25) is 4.79 Å². The smallest absolute Gasteiger partial charge is 0.434 e. The van der Waals surface area contributed by atoms with Gasteiger partial charge in [0.15, 0.2) is 10.8 Å². The molecule has 0 aliphatic carbocycles. The lowest BCUT2D eigenvalue weighted by atomic mass is 9.85. The van der Waals surface area contributed by atoms with Gasteiger partial charge in [-0.25, -0.2) is 4.98 Å². The number of anilines is 2. The number of hydrogen-bond acceptors (Lipinski definition) is 4. The molecule has 2 aromatic rings. The van der Waals surface area contributed by atoms with E-state index in [4.69, 9.17) is 5.11 Å². The Morgan fingerprint density at radius 1 is 1.23 bits per heavy atom. The Labute approximate surface area is 128 Å². The lowest BCUT2D eigenvalue weighted by molar-refractivity contribution is -0.142. The van der Waals surface area contributed by atoms with Crippen molar-refractivity contribution in [3.8, 4) is 0 Å². The number of aromatic nitrogens is 1. The SMILES string of the molecule is CC(C)(C(=O)O)c1ccc(Nc2nc(C(F)(F)F)cs2)cc1. The molecule has 0 aliphatic rings. The maximum absolute atomic E-state index is 12.5. The minimum atomic E-state index is -4.47. The molecule has 0 fully saturated rings. The van der Waals surface area contributed by atoms with Crippen LogP contribution in [-0.4, -0.2) is 16.1 Å². The number of carboxylic acid groups (broad SMARTS) is 1. The molecular formula is C14H13F3N2O2S. The van der Waals surface area contributed by atoms with E-state index in [-0.39, 0.29) is 5.13 Å². The minimum absolute atomic E-state index is 0.123. The number of carboxylic acids is 1. The van der Waals surface area contributed by atoms with Crippen molar-refractivity contribution in [1.29, 1.82) is 0 Å². The zero-order valence-electron chi connectivity index (χ0n) is 11.7. The van der Waals surface area contributed by atoms with Crippen molar-refractivity contribution in [2.45, 2.75) is 25.4 Å². The second-order valence-electron chi connectivity index (χ2n) is 5.17. The highest BCUT2D eigenvalue weighted by Gasteiger charge is 2.33. The van der Waals surface area contributed by atoms with E-state index in [2.05, 4.69) is 10.3 Å². The fourth-order valence-corrected chi connectivity index (χ4v) is 2.42. The molecule has 0 spiro atoms. The molecule has 118 valence electrons. The van der Waals surface area contributed by atoms with Gasteiger partial charge in [0.1, 0.15) is 0 Å². The van der Waals surface area contributed by atoms with Gasteiger partial charge < -0.3 is 10.4 Å². The van der Waals surface area contributed by atoms with Gasteiger partial charge in [0.05, 0.1) is 5.41 Å². The highest BCUT2D eigenvalue weighted by Crippen LogP contribution is 2.33. The van der Waals surface area contributed by atoms with E-state index >= 15 is 0 Å². The van der Waals surface area contributed by atoms with Crippen molar-refractivity contribution in [2.75, 3.05) is 5.32 Å². The summed E-state index contributed by atoms with van der Waals surface area (Å²) in [7, 11) is 0. The number of halogens is 3. The summed E-state index contributed by atoms with van der Waals surface area (Å²) in [6, 6.07) is 6.45. The molecule has 1 aromatic heterocycles. The van der Waals surface area contributed by atoms with Crippen LogP contribution in [0.5, 0.6) is 0 Å². The fourth-order valence-electron chi connectivity index (χ4n) is 1.68. The third-order valence-corrected chi connectivity index (χ3v) is 3.94. The lowest BCUT2D eigenvalue weighted by Gasteiger charge is -2.19. The van der Waals surface area contributed by atoms with Crippen molar-refractivity contribution in [3.05, 3.63) is 40.9 Å². The first-order valence-corrected chi connectivity index (χ1v) is 7.12. The van der Waals surface area contributed by atoms with E-state index in [9.17, 15) is 18.0 Å². The summed E-state index contributed by atoms with van der Waals surface area (Å²) in [6.45, 7) is 3.16. The van der Waals surface area contributed by atoms with Gasteiger partial charge >= 0.3 is 12.1 Å². The van der Waals surface area contributed by atoms with Gasteiger partial charge in [0.2, 0.25) is 0 Å². The first kappa shape index (κ1) is 16.3. The summed E-state index contributed by atoms with van der Waals surface area (Å²) < 4.78 is 37.4.